The van der Waals surface area contributed by atoms with Gasteiger partial charge in [0, 0.05) is 0 Å². The first-order valence-electron chi connectivity index (χ1n) is 2.47. The standard InChI is InChI=1S/C3H6F3O4P/c4-3(5,6)1-2-10-11(7,8)9/h1-2H2,(H2,7,8,9). The van der Waals surface area contributed by atoms with E-state index in [1.54, 1.807) is 0 Å². The van der Waals surface area contributed by atoms with Crippen molar-refractivity contribution >= 4 is 7.82 Å². The third-order valence-electron chi connectivity index (χ3n) is 0.645. The fraction of sp³-hybridized carbons (Fsp3) is 1.00. The van der Waals surface area contributed by atoms with Crippen molar-refractivity contribution in [3.8, 4) is 0 Å². The maximum absolute atomic E-state index is 11.3. The van der Waals surface area contributed by atoms with Crippen LogP contribution < -0.4 is 0 Å². The Labute approximate surface area is 60.2 Å². The lowest BCUT2D eigenvalue weighted by Gasteiger charge is -2.06. The van der Waals surface area contributed by atoms with Crippen molar-refractivity contribution in [1.29, 1.82) is 0 Å². The molecule has 0 saturated carbocycles. The molecule has 0 spiro atoms. The summed E-state index contributed by atoms with van der Waals surface area (Å²) in [4.78, 5) is 15.9. The van der Waals surface area contributed by atoms with E-state index >= 15 is 0 Å². The molecule has 0 unspecified atom stereocenters. The van der Waals surface area contributed by atoms with Gasteiger partial charge in [-0.3, -0.25) is 4.52 Å². The van der Waals surface area contributed by atoms with Gasteiger partial charge in [0.15, 0.2) is 0 Å². The topological polar surface area (TPSA) is 66.8 Å². The predicted molar refractivity (Wildman–Crippen MR) is 28.7 cm³/mol. The molecule has 68 valence electrons. The van der Waals surface area contributed by atoms with Crippen LogP contribution in [0.5, 0.6) is 0 Å². The quantitative estimate of drug-likeness (QED) is 0.659. The molecule has 0 saturated heterocycles. The minimum atomic E-state index is -4.75. The lowest BCUT2D eigenvalue weighted by Crippen LogP contribution is -2.10. The van der Waals surface area contributed by atoms with Crippen molar-refractivity contribution in [2.24, 2.45) is 0 Å². The van der Waals surface area contributed by atoms with E-state index in [4.69, 9.17) is 9.79 Å². The van der Waals surface area contributed by atoms with E-state index in [1.807, 2.05) is 0 Å². The number of phosphoric acid groups is 1. The number of phosphoric ester groups is 1. The molecule has 0 aliphatic carbocycles. The smallest absolute Gasteiger partial charge is 0.303 e. The second-order valence-corrected chi connectivity index (χ2v) is 2.93. The molecule has 0 heterocycles. The lowest BCUT2D eigenvalue weighted by molar-refractivity contribution is -0.140. The molecular formula is C3H6F3O4P. The van der Waals surface area contributed by atoms with Crippen LogP contribution in [-0.4, -0.2) is 22.6 Å². The Kier molecular flexibility index (Phi) is 3.50. The molecular weight excluding hydrogens is 188 g/mol. The summed E-state index contributed by atoms with van der Waals surface area (Å²) in [6.07, 6.45) is -5.81. The highest BCUT2D eigenvalue weighted by Gasteiger charge is 2.28. The van der Waals surface area contributed by atoms with Crippen LogP contribution in [0.4, 0.5) is 13.2 Å². The molecule has 0 aliphatic heterocycles. The van der Waals surface area contributed by atoms with Crippen LogP contribution in [-0.2, 0) is 9.09 Å². The van der Waals surface area contributed by atoms with Gasteiger partial charge in [-0.1, -0.05) is 0 Å². The Balaban J connectivity index is 3.52. The molecule has 0 fully saturated rings. The van der Waals surface area contributed by atoms with E-state index in [9.17, 15) is 17.7 Å². The molecule has 0 aliphatic rings. The van der Waals surface area contributed by atoms with Crippen LogP contribution >= 0.6 is 7.82 Å². The second kappa shape index (κ2) is 3.53. The second-order valence-electron chi connectivity index (χ2n) is 1.69. The predicted octanol–water partition coefficient (Wildman–Crippen LogP) is 1.05. The zero-order valence-electron chi connectivity index (χ0n) is 5.21. The van der Waals surface area contributed by atoms with E-state index in [1.165, 1.54) is 0 Å². The van der Waals surface area contributed by atoms with E-state index < -0.39 is 27.0 Å². The van der Waals surface area contributed by atoms with Crippen molar-refractivity contribution in [1.82, 2.24) is 0 Å². The first-order valence-corrected chi connectivity index (χ1v) is 4.00. The summed E-state index contributed by atoms with van der Waals surface area (Å²) in [5.41, 5.74) is 0. The largest absolute Gasteiger partial charge is 0.469 e. The molecule has 2 N–H and O–H groups in total. The summed E-state index contributed by atoms with van der Waals surface area (Å²) in [5, 5.41) is 0. The molecule has 0 atom stereocenters. The first-order chi connectivity index (χ1) is 4.71. The van der Waals surface area contributed by atoms with Gasteiger partial charge in [0.25, 0.3) is 0 Å². The number of hydrogen-bond acceptors (Lipinski definition) is 2. The summed E-state index contributed by atoms with van der Waals surface area (Å²) < 4.78 is 47.3. The lowest BCUT2D eigenvalue weighted by atomic mass is 10.5. The van der Waals surface area contributed by atoms with E-state index in [0.29, 0.717) is 0 Å². The van der Waals surface area contributed by atoms with Gasteiger partial charge in [-0.05, 0) is 0 Å². The van der Waals surface area contributed by atoms with Crippen LogP contribution in [0, 0.1) is 0 Å². The van der Waals surface area contributed by atoms with Gasteiger partial charge in [0.1, 0.15) is 0 Å². The average Bonchev–Trinajstić information content (AvgIpc) is 1.55. The van der Waals surface area contributed by atoms with Crippen LogP contribution in [0.1, 0.15) is 6.42 Å². The Morgan fingerprint density at radius 1 is 1.36 bits per heavy atom. The van der Waals surface area contributed by atoms with Crippen molar-refractivity contribution in [2.75, 3.05) is 6.61 Å². The van der Waals surface area contributed by atoms with Gasteiger partial charge >= 0.3 is 14.0 Å². The van der Waals surface area contributed by atoms with Crippen LogP contribution in [0.25, 0.3) is 0 Å². The third-order valence-corrected chi connectivity index (χ3v) is 1.16. The molecule has 0 aromatic rings. The average molecular weight is 194 g/mol. The maximum Gasteiger partial charge on any atom is 0.469 e. The molecule has 0 aromatic heterocycles. The number of hydrogen-bond donors (Lipinski definition) is 2. The van der Waals surface area contributed by atoms with Gasteiger partial charge in [-0.2, -0.15) is 13.2 Å². The molecule has 0 radical (unpaired) electrons. The Morgan fingerprint density at radius 3 is 2.09 bits per heavy atom. The van der Waals surface area contributed by atoms with Crippen LogP contribution in [0.3, 0.4) is 0 Å². The summed E-state index contributed by atoms with van der Waals surface area (Å²) in [5.74, 6) is 0. The highest BCUT2D eigenvalue weighted by Crippen LogP contribution is 2.36. The Bertz CT molecular complexity index is 160. The summed E-state index contributed by atoms with van der Waals surface area (Å²) in [7, 11) is -4.75. The molecule has 4 nitrogen and oxygen atoms in total. The van der Waals surface area contributed by atoms with Gasteiger partial charge in [0.2, 0.25) is 0 Å². The molecule has 11 heavy (non-hydrogen) atoms. The molecule has 0 bridgehead atoms. The summed E-state index contributed by atoms with van der Waals surface area (Å²) in [6, 6.07) is 0. The number of alkyl halides is 3. The molecule has 0 aromatic carbocycles. The minimum Gasteiger partial charge on any atom is -0.303 e. The maximum atomic E-state index is 11.3. The fourth-order valence-electron chi connectivity index (χ4n) is 0.280. The van der Waals surface area contributed by atoms with Crippen molar-refractivity contribution < 1.29 is 32.0 Å². The van der Waals surface area contributed by atoms with Crippen molar-refractivity contribution in [3.63, 3.8) is 0 Å². The van der Waals surface area contributed by atoms with Crippen molar-refractivity contribution in [2.45, 2.75) is 12.6 Å². The zero-order valence-corrected chi connectivity index (χ0v) is 6.10. The normalized spacial score (nSPS) is 13.5. The van der Waals surface area contributed by atoms with Crippen LogP contribution in [0.15, 0.2) is 0 Å². The highest BCUT2D eigenvalue weighted by atomic mass is 31.2. The Morgan fingerprint density at radius 2 is 1.82 bits per heavy atom. The monoisotopic (exact) mass is 194 g/mol. The summed E-state index contributed by atoms with van der Waals surface area (Å²) >= 11 is 0. The minimum absolute atomic E-state index is 1.02. The first kappa shape index (κ1) is 10.9. The summed E-state index contributed by atoms with van der Waals surface area (Å²) in [6.45, 7) is -1.02. The van der Waals surface area contributed by atoms with Crippen molar-refractivity contribution in [3.05, 3.63) is 0 Å². The fourth-order valence-corrected chi connectivity index (χ4v) is 0.609. The third kappa shape index (κ3) is 9.90. The van der Waals surface area contributed by atoms with E-state index in [0.717, 1.165) is 0 Å². The number of rotatable bonds is 3. The van der Waals surface area contributed by atoms with Gasteiger partial charge in [0.05, 0.1) is 13.0 Å². The van der Waals surface area contributed by atoms with Gasteiger partial charge < -0.3 is 9.79 Å². The number of halogens is 3. The molecule has 8 heteroatoms. The zero-order chi connectivity index (χ0) is 9.12. The van der Waals surface area contributed by atoms with Gasteiger partial charge in [-0.25, -0.2) is 4.57 Å². The van der Waals surface area contributed by atoms with E-state index in [2.05, 4.69) is 4.52 Å². The SMILES string of the molecule is O=P(O)(O)OCCC(F)(F)F. The van der Waals surface area contributed by atoms with Gasteiger partial charge in [-0.15, -0.1) is 0 Å². The Hall–Kier alpha value is -0.100. The highest BCUT2D eigenvalue weighted by molar-refractivity contribution is 7.46. The van der Waals surface area contributed by atoms with Crippen LogP contribution in [0.2, 0.25) is 0 Å². The molecule has 0 rings (SSSR count). The van der Waals surface area contributed by atoms with E-state index in [-0.39, 0.29) is 0 Å². The molecule has 0 amide bonds.